The first-order valence-electron chi connectivity index (χ1n) is 9.76. The Hall–Kier alpha value is -2.42. The molecule has 1 N–H and O–H groups in total. The fourth-order valence-corrected chi connectivity index (χ4v) is 4.32. The van der Waals surface area contributed by atoms with E-state index in [1.807, 2.05) is 25.3 Å². The normalized spacial score (nSPS) is 20.1. The number of aryl methyl sites for hydroxylation is 2. The summed E-state index contributed by atoms with van der Waals surface area (Å²) in [5, 5.41) is 5.50. The highest BCUT2D eigenvalue weighted by Crippen LogP contribution is 2.21. The lowest BCUT2D eigenvalue weighted by Crippen LogP contribution is -2.44. The van der Waals surface area contributed by atoms with Crippen LogP contribution in [0.25, 0.3) is 11.0 Å². The van der Waals surface area contributed by atoms with Crippen molar-refractivity contribution in [1.82, 2.24) is 19.9 Å². The van der Waals surface area contributed by atoms with Gasteiger partial charge in [-0.1, -0.05) is 0 Å². The lowest BCUT2D eigenvalue weighted by molar-refractivity contribution is -0.0707. The van der Waals surface area contributed by atoms with E-state index >= 15 is 0 Å². The molecule has 0 spiro atoms. The van der Waals surface area contributed by atoms with Crippen molar-refractivity contribution in [2.45, 2.75) is 46.4 Å². The predicted octanol–water partition coefficient (Wildman–Crippen LogP) is 3.56. The van der Waals surface area contributed by atoms with Crippen LogP contribution in [0, 0.1) is 13.8 Å². The maximum atomic E-state index is 12.7. The Morgan fingerprint density at radius 2 is 1.83 bits per heavy atom. The van der Waals surface area contributed by atoms with Gasteiger partial charge >= 0.3 is 0 Å². The van der Waals surface area contributed by atoms with Gasteiger partial charge in [0.1, 0.15) is 0 Å². The molecule has 2 atom stereocenters. The van der Waals surface area contributed by atoms with Crippen molar-refractivity contribution >= 4 is 33.4 Å². The quantitative estimate of drug-likeness (QED) is 0.707. The second kappa shape index (κ2) is 8.14. The number of anilines is 1. The van der Waals surface area contributed by atoms with E-state index in [9.17, 15) is 4.79 Å². The predicted molar refractivity (Wildman–Crippen MR) is 114 cm³/mol. The minimum Gasteiger partial charge on any atom is -0.373 e. The first-order chi connectivity index (χ1) is 13.9. The third kappa shape index (κ3) is 4.60. The Morgan fingerprint density at radius 3 is 2.55 bits per heavy atom. The molecule has 0 radical (unpaired) electrons. The van der Waals surface area contributed by atoms with Crippen LogP contribution in [-0.2, 0) is 11.3 Å². The number of ether oxygens (including phenoxy) is 1. The number of carbonyl (C=O) groups excluding carboxylic acids is 1. The second-order valence-electron chi connectivity index (χ2n) is 7.65. The molecule has 2 aromatic heterocycles. The third-order valence-corrected chi connectivity index (χ3v) is 5.80. The van der Waals surface area contributed by atoms with E-state index in [0.29, 0.717) is 10.7 Å². The topological polar surface area (TPSA) is 80.2 Å². The van der Waals surface area contributed by atoms with E-state index in [-0.39, 0.29) is 18.1 Å². The molecular weight excluding hydrogens is 386 g/mol. The number of carbonyl (C=O) groups is 1. The standard InChI is InChI=1S/C21H25N5O2S/c1-12-8-26(9-13(2)28-12)10-17-11-29-21(24-17)25-20(27)16-5-6-18-19(7-16)23-15(4)14(3)22-18/h5-7,11-13H,8-10H2,1-4H3,(H,24,25,27)/t12-,13-/m1/s1. The van der Waals surface area contributed by atoms with E-state index in [4.69, 9.17) is 4.74 Å². The number of fused-ring (bicyclic) bond motifs is 1. The first-order valence-corrected chi connectivity index (χ1v) is 10.6. The molecule has 3 aromatic rings. The monoisotopic (exact) mass is 411 g/mol. The van der Waals surface area contributed by atoms with Gasteiger partial charge in [0.15, 0.2) is 5.13 Å². The van der Waals surface area contributed by atoms with Gasteiger partial charge in [0.2, 0.25) is 0 Å². The number of hydrogen-bond donors (Lipinski definition) is 1. The fraction of sp³-hybridized carbons (Fsp3) is 0.429. The summed E-state index contributed by atoms with van der Waals surface area (Å²) in [5.74, 6) is -0.193. The van der Waals surface area contributed by atoms with Crippen molar-refractivity contribution < 1.29 is 9.53 Å². The number of amides is 1. The molecule has 1 saturated heterocycles. The van der Waals surface area contributed by atoms with Crippen LogP contribution >= 0.6 is 11.3 Å². The molecule has 8 heteroatoms. The molecular formula is C21H25N5O2S. The molecule has 29 heavy (non-hydrogen) atoms. The van der Waals surface area contributed by atoms with Crippen LogP contribution in [0.4, 0.5) is 5.13 Å². The number of hydrogen-bond acceptors (Lipinski definition) is 7. The number of nitrogens with zero attached hydrogens (tertiary/aromatic N) is 4. The molecule has 152 valence electrons. The van der Waals surface area contributed by atoms with Crippen LogP contribution in [0.3, 0.4) is 0 Å². The Morgan fingerprint density at radius 1 is 1.14 bits per heavy atom. The van der Waals surface area contributed by atoms with Crippen LogP contribution in [0.2, 0.25) is 0 Å². The summed E-state index contributed by atoms with van der Waals surface area (Å²) in [6.07, 6.45) is 0.444. The zero-order valence-electron chi connectivity index (χ0n) is 17.1. The van der Waals surface area contributed by atoms with Crippen molar-refractivity contribution in [1.29, 1.82) is 0 Å². The van der Waals surface area contributed by atoms with Gasteiger partial charge in [-0.15, -0.1) is 11.3 Å². The summed E-state index contributed by atoms with van der Waals surface area (Å²) in [6.45, 7) is 10.6. The van der Waals surface area contributed by atoms with E-state index in [1.165, 1.54) is 11.3 Å². The molecule has 7 nitrogen and oxygen atoms in total. The van der Waals surface area contributed by atoms with Gasteiger partial charge in [-0.3, -0.25) is 15.0 Å². The number of benzene rings is 1. The summed E-state index contributed by atoms with van der Waals surface area (Å²) < 4.78 is 5.78. The second-order valence-corrected chi connectivity index (χ2v) is 8.51. The summed E-state index contributed by atoms with van der Waals surface area (Å²) in [4.78, 5) is 28.6. The maximum absolute atomic E-state index is 12.7. The number of thiazole rings is 1. The lowest BCUT2D eigenvalue weighted by atomic mass is 10.1. The van der Waals surface area contributed by atoms with Gasteiger partial charge in [0, 0.05) is 30.6 Å². The van der Waals surface area contributed by atoms with Crippen LogP contribution in [0.15, 0.2) is 23.6 Å². The fourth-order valence-electron chi connectivity index (χ4n) is 3.62. The molecule has 1 aromatic carbocycles. The summed E-state index contributed by atoms with van der Waals surface area (Å²) in [7, 11) is 0. The van der Waals surface area contributed by atoms with Crippen molar-refractivity contribution in [3.8, 4) is 0 Å². The zero-order chi connectivity index (χ0) is 20.5. The Kier molecular flexibility index (Phi) is 5.58. The third-order valence-electron chi connectivity index (χ3n) is 4.99. The van der Waals surface area contributed by atoms with Gasteiger partial charge < -0.3 is 4.74 Å². The van der Waals surface area contributed by atoms with Gasteiger partial charge in [0.25, 0.3) is 5.91 Å². The molecule has 4 rings (SSSR count). The van der Waals surface area contributed by atoms with Crippen molar-refractivity contribution in [3.63, 3.8) is 0 Å². The Labute approximate surface area is 174 Å². The average molecular weight is 412 g/mol. The molecule has 1 fully saturated rings. The summed E-state index contributed by atoms with van der Waals surface area (Å²) in [6, 6.07) is 5.37. The van der Waals surface area contributed by atoms with Crippen molar-refractivity contribution in [3.05, 3.63) is 46.2 Å². The molecule has 1 amide bonds. The van der Waals surface area contributed by atoms with Gasteiger partial charge in [-0.25, -0.2) is 15.0 Å². The minimum atomic E-state index is -0.193. The van der Waals surface area contributed by atoms with Crippen molar-refractivity contribution in [2.75, 3.05) is 18.4 Å². The smallest absolute Gasteiger partial charge is 0.257 e. The lowest BCUT2D eigenvalue weighted by Gasteiger charge is -2.34. The maximum Gasteiger partial charge on any atom is 0.257 e. The summed E-state index contributed by atoms with van der Waals surface area (Å²) in [5.41, 5.74) is 4.77. The highest BCUT2D eigenvalue weighted by Gasteiger charge is 2.23. The molecule has 3 heterocycles. The molecule has 0 aliphatic carbocycles. The van der Waals surface area contributed by atoms with Crippen LogP contribution in [-0.4, -0.2) is 51.1 Å². The van der Waals surface area contributed by atoms with Crippen LogP contribution in [0.5, 0.6) is 0 Å². The van der Waals surface area contributed by atoms with Gasteiger partial charge in [-0.2, -0.15) is 0 Å². The van der Waals surface area contributed by atoms with E-state index in [1.54, 1.807) is 12.1 Å². The van der Waals surface area contributed by atoms with E-state index < -0.39 is 0 Å². The van der Waals surface area contributed by atoms with E-state index in [0.717, 1.165) is 47.7 Å². The number of nitrogens with one attached hydrogen (secondary N) is 1. The number of aromatic nitrogens is 3. The molecule has 1 aliphatic heterocycles. The largest absolute Gasteiger partial charge is 0.373 e. The van der Waals surface area contributed by atoms with Gasteiger partial charge in [-0.05, 0) is 45.9 Å². The highest BCUT2D eigenvalue weighted by molar-refractivity contribution is 7.14. The molecule has 0 bridgehead atoms. The van der Waals surface area contributed by atoms with E-state index in [2.05, 4.69) is 39.0 Å². The highest BCUT2D eigenvalue weighted by atomic mass is 32.1. The van der Waals surface area contributed by atoms with Crippen LogP contribution < -0.4 is 5.32 Å². The average Bonchev–Trinajstić information content (AvgIpc) is 3.08. The Balaban J connectivity index is 1.44. The first kappa shape index (κ1) is 19.9. The molecule has 1 aliphatic rings. The minimum absolute atomic E-state index is 0.193. The SMILES string of the molecule is Cc1nc2ccc(C(=O)Nc3nc(CN4C[C@@H](C)O[C@H](C)C4)cs3)cc2nc1C. The Bertz CT molecular complexity index is 1040. The van der Waals surface area contributed by atoms with Gasteiger partial charge in [0.05, 0.1) is 40.3 Å². The molecule has 0 unspecified atom stereocenters. The molecule has 0 saturated carbocycles. The van der Waals surface area contributed by atoms with Crippen molar-refractivity contribution in [2.24, 2.45) is 0 Å². The van der Waals surface area contributed by atoms with Crippen LogP contribution in [0.1, 0.15) is 41.3 Å². The summed E-state index contributed by atoms with van der Waals surface area (Å²) >= 11 is 1.44. The zero-order valence-corrected chi connectivity index (χ0v) is 17.9. The number of rotatable bonds is 4. The number of morpholine rings is 1.